The highest BCUT2D eigenvalue weighted by Gasteiger charge is 2.11. The summed E-state index contributed by atoms with van der Waals surface area (Å²) >= 11 is 0. The average Bonchev–Trinajstić information content (AvgIpc) is 2.97. The molecule has 3 rings (SSSR count). The van der Waals surface area contributed by atoms with Crippen molar-refractivity contribution in [2.45, 2.75) is 13.3 Å². The van der Waals surface area contributed by atoms with Crippen molar-refractivity contribution in [3.8, 4) is 0 Å². The molecule has 1 heterocycles. The number of nitrogens with two attached hydrogens (primary N) is 1. The molecule has 116 valence electrons. The van der Waals surface area contributed by atoms with Gasteiger partial charge in [0.2, 0.25) is 0 Å². The maximum Gasteiger partial charge on any atom is 0.272 e. The van der Waals surface area contributed by atoms with Gasteiger partial charge in [-0.2, -0.15) is 0 Å². The minimum atomic E-state index is -0.254. The van der Waals surface area contributed by atoms with E-state index in [1.165, 1.54) is 0 Å². The molecule has 0 atom stereocenters. The van der Waals surface area contributed by atoms with Crippen LogP contribution < -0.4 is 11.1 Å². The molecule has 3 aromatic rings. The van der Waals surface area contributed by atoms with Crippen LogP contribution in [-0.4, -0.2) is 16.7 Å². The highest BCUT2D eigenvalue weighted by molar-refractivity contribution is 6.07. The second-order valence-electron chi connectivity index (χ2n) is 5.34. The molecule has 0 aliphatic heterocycles. The Morgan fingerprint density at radius 3 is 2.70 bits per heavy atom. The number of rotatable bonds is 4. The van der Waals surface area contributed by atoms with Gasteiger partial charge >= 0.3 is 0 Å². The molecule has 0 unspecified atom stereocenters. The van der Waals surface area contributed by atoms with E-state index in [1.54, 1.807) is 42.5 Å². The van der Waals surface area contributed by atoms with E-state index in [9.17, 15) is 9.59 Å². The Labute approximate surface area is 133 Å². The van der Waals surface area contributed by atoms with E-state index in [0.717, 1.165) is 10.9 Å². The molecule has 2 aromatic carbocycles. The van der Waals surface area contributed by atoms with E-state index in [-0.39, 0.29) is 11.7 Å². The molecule has 0 saturated heterocycles. The molecule has 0 bridgehead atoms. The van der Waals surface area contributed by atoms with Crippen molar-refractivity contribution in [3.05, 3.63) is 59.8 Å². The number of hydrogen-bond donors (Lipinski definition) is 3. The van der Waals surface area contributed by atoms with E-state index < -0.39 is 0 Å². The SMILES string of the molecule is CCC(=O)c1ccc2[nH]c(C(=O)Nc3cccc(N)c3)cc2c1. The number of nitrogen functional groups attached to an aromatic ring is 1. The Bertz CT molecular complexity index is 896. The van der Waals surface area contributed by atoms with Crippen LogP contribution in [0.25, 0.3) is 10.9 Å². The average molecular weight is 307 g/mol. The highest BCUT2D eigenvalue weighted by Crippen LogP contribution is 2.20. The van der Waals surface area contributed by atoms with E-state index in [4.69, 9.17) is 5.73 Å². The number of benzene rings is 2. The predicted octanol–water partition coefficient (Wildman–Crippen LogP) is 3.60. The Kier molecular flexibility index (Phi) is 3.85. The van der Waals surface area contributed by atoms with Crippen LogP contribution in [0.4, 0.5) is 11.4 Å². The Morgan fingerprint density at radius 1 is 1.13 bits per heavy atom. The Balaban J connectivity index is 1.87. The first kappa shape index (κ1) is 14.8. The summed E-state index contributed by atoms with van der Waals surface area (Å²) in [7, 11) is 0. The van der Waals surface area contributed by atoms with Crippen molar-refractivity contribution in [2.24, 2.45) is 0 Å². The van der Waals surface area contributed by atoms with Crippen molar-refractivity contribution in [2.75, 3.05) is 11.1 Å². The third kappa shape index (κ3) is 3.08. The van der Waals surface area contributed by atoms with Crippen molar-refractivity contribution >= 4 is 34.0 Å². The number of aromatic amines is 1. The van der Waals surface area contributed by atoms with Crippen LogP contribution >= 0.6 is 0 Å². The fourth-order valence-electron chi connectivity index (χ4n) is 2.45. The van der Waals surface area contributed by atoms with Gasteiger partial charge in [0, 0.05) is 34.3 Å². The number of anilines is 2. The molecular weight excluding hydrogens is 290 g/mol. The maximum atomic E-state index is 12.3. The maximum absolute atomic E-state index is 12.3. The van der Waals surface area contributed by atoms with Crippen molar-refractivity contribution in [1.29, 1.82) is 0 Å². The van der Waals surface area contributed by atoms with E-state index in [1.807, 2.05) is 13.0 Å². The first-order valence-electron chi connectivity index (χ1n) is 7.39. The predicted molar refractivity (Wildman–Crippen MR) is 91.7 cm³/mol. The lowest BCUT2D eigenvalue weighted by Gasteiger charge is -2.04. The molecule has 0 saturated carbocycles. The molecule has 0 aliphatic rings. The summed E-state index contributed by atoms with van der Waals surface area (Å²) in [6, 6.07) is 14.1. The van der Waals surface area contributed by atoms with Crippen LogP contribution in [0.5, 0.6) is 0 Å². The number of Topliss-reactive ketones (excluding diaryl/α,β-unsaturated/α-hetero) is 1. The fraction of sp³-hybridized carbons (Fsp3) is 0.111. The Hall–Kier alpha value is -3.08. The molecule has 4 N–H and O–H groups in total. The van der Waals surface area contributed by atoms with E-state index in [0.29, 0.717) is 29.1 Å². The van der Waals surface area contributed by atoms with Crippen LogP contribution in [0.2, 0.25) is 0 Å². The number of fused-ring (bicyclic) bond motifs is 1. The lowest BCUT2D eigenvalue weighted by Crippen LogP contribution is -2.12. The smallest absolute Gasteiger partial charge is 0.272 e. The molecule has 0 aliphatic carbocycles. The second kappa shape index (κ2) is 5.96. The van der Waals surface area contributed by atoms with Gasteiger partial charge in [0.05, 0.1) is 0 Å². The summed E-state index contributed by atoms with van der Waals surface area (Å²) in [6.07, 6.45) is 0.457. The van der Waals surface area contributed by atoms with Crippen LogP contribution in [0.1, 0.15) is 34.2 Å². The molecule has 5 nitrogen and oxygen atoms in total. The lowest BCUT2D eigenvalue weighted by atomic mass is 10.1. The quantitative estimate of drug-likeness (QED) is 0.508. The zero-order chi connectivity index (χ0) is 16.4. The summed E-state index contributed by atoms with van der Waals surface area (Å²) in [4.78, 5) is 27.1. The largest absolute Gasteiger partial charge is 0.399 e. The third-order valence-corrected chi connectivity index (χ3v) is 3.65. The first-order valence-corrected chi connectivity index (χ1v) is 7.39. The number of hydrogen-bond acceptors (Lipinski definition) is 3. The number of ketones is 1. The van der Waals surface area contributed by atoms with Gasteiger partial charge in [-0.25, -0.2) is 0 Å². The van der Waals surface area contributed by atoms with Crippen molar-refractivity contribution < 1.29 is 9.59 Å². The van der Waals surface area contributed by atoms with Gasteiger partial charge in [0.1, 0.15) is 5.69 Å². The number of carbonyl (C=O) groups is 2. The number of carbonyl (C=O) groups excluding carboxylic acids is 2. The minimum absolute atomic E-state index is 0.0823. The first-order chi connectivity index (χ1) is 11.1. The molecule has 1 aromatic heterocycles. The Morgan fingerprint density at radius 2 is 1.96 bits per heavy atom. The molecule has 0 fully saturated rings. The van der Waals surface area contributed by atoms with Crippen LogP contribution in [0.15, 0.2) is 48.5 Å². The number of nitrogens with one attached hydrogen (secondary N) is 2. The molecule has 23 heavy (non-hydrogen) atoms. The lowest BCUT2D eigenvalue weighted by molar-refractivity contribution is 0.0986. The van der Waals surface area contributed by atoms with Gasteiger partial charge in [-0.05, 0) is 42.5 Å². The molecule has 0 radical (unpaired) electrons. The fourth-order valence-corrected chi connectivity index (χ4v) is 2.45. The summed E-state index contributed by atoms with van der Waals surface area (Å²) < 4.78 is 0. The third-order valence-electron chi connectivity index (χ3n) is 3.65. The van der Waals surface area contributed by atoms with E-state index in [2.05, 4.69) is 10.3 Å². The number of amides is 1. The van der Waals surface area contributed by atoms with Gasteiger partial charge in [-0.3, -0.25) is 9.59 Å². The summed E-state index contributed by atoms with van der Waals surface area (Å²) in [5, 5.41) is 3.63. The molecular formula is C18H17N3O2. The van der Waals surface area contributed by atoms with Gasteiger partial charge in [-0.15, -0.1) is 0 Å². The monoisotopic (exact) mass is 307 g/mol. The summed E-state index contributed by atoms with van der Waals surface area (Å²) in [5.74, 6) is -0.172. The van der Waals surface area contributed by atoms with E-state index >= 15 is 0 Å². The number of H-pyrrole nitrogens is 1. The highest BCUT2D eigenvalue weighted by atomic mass is 16.2. The summed E-state index contributed by atoms with van der Waals surface area (Å²) in [5.41, 5.74) is 8.82. The van der Waals surface area contributed by atoms with Crippen LogP contribution in [0.3, 0.4) is 0 Å². The zero-order valence-corrected chi connectivity index (χ0v) is 12.7. The second-order valence-corrected chi connectivity index (χ2v) is 5.34. The van der Waals surface area contributed by atoms with Gasteiger partial charge < -0.3 is 16.0 Å². The van der Waals surface area contributed by atoms with Gasteiger partial charge in [0.15, 0.2) is 5.78 Å². The van der Waals surface area contributed by atoms with Gasteiger partial charge in [-0.1, -0.05) is 13.0 Å². The summed E-state index contributed by atoms with van der Waals surface area (Å²) in [6.45, 7) is 1.83. The molecule has 1 amide bonds. The van der Waals surface area contributed by atoms with Crippen molar-refractivity contribution in [1.82, 2.24) is 4.98 Å². The zero-order valence-electron chi connectivity index (χ0n) is 12.7. The normalized spacial score (nSPS) is 10.7. The standard InChI is InChI=1S/C18H17N3O2/c1-2-17(22)11-6-7-15-12(8-11)9-16(21-15)18(23)20-14-5-3-4-13(19)10-14/h3-10,21H,2,19H2,1H3,(H,20,23). The topological polar surface area (TPSA) is 88.0 Å². The van der Waals surface area contributed by atoms with Crippen LogP contribution in [0, 0.1) is 0 Å². The van der Waals surface area contributed by atoms with Crippen LogP contribution in [-0.2, 0) is 0 Å². The minimum Gasteiger partial charge on any atom is -0.399 e. The van der Waals surface area contributed by atoms with Gasteiger partial charge in [0.25, 0.3) is 5.91 Å². The molecule has 0 spiro atoms. The number of aromatic nitrogens is 1. The van der Waals surface area contributed by atoms with Crippen molar-refractivity contribution in [3.63, 3.8) is 0 Å². The molecule has 5 heteroatoms.